The predicted octanol–water partition coefficient (Wildman–Crippen LogP) is 7.13. The Labute approximate surface area is 228 Å². The fourth-order valence-corrected chi connectivity index (χ4v) is 3.02. The van der Waals surface area contributed by atoms with Crippen molar-refractivity contribution < 1.29 is 23.2 Å². The average Bonchev–Trinajstić information content (AvgIpc) is 2.92. The number of nitrogens with two attached hydrogens (primary N) is 1. The first kappa shape index (κ1) is 32.2. The van der Waals surface area contributed by atoms with E-state index in [1.165, 1.54) is 0 Å². The van der Waals surface area contributed by atoms with Crippen LogP contribution in [0.3, 0.4) is 0 Å². The minimum Gasteiger partial charge on any atom is -0.410 e. The summed E-state index contributed by atoms with van der Waals surface area (Å²) in [6, 6.07) is 25.5. The minimum absolute atomic E-state index is 0. The first-order valence-electron chi connectivity index (χ1n) is 10.5. The van der Waals surface area contributed by atoms with Crippen molar-refractivity contribution in [3.63, 3.8) is 0 Å². The van der Waals surface area contributed by atoms with E-state index in [-0.39, 0.29) is 13.5 Å². The molecule has 6 nitrogen and oxygen atoms in total. The van der Waals surface area contributed by atoms with Crippen molar-refractivity contribution in [1.29, 1.82) is 0 Å². The van der Waals surface area contributed by atoms with Gasteiger partial charge in [-0.15, -0.1) is 0 Å². The summed E-state index contributed by atoms with van der Waals surface area (Å²) >= 11 is 11.6. The molecule has 0 saturated heterocycles. The van der Waals surface area contributed by atoms with Crippen LogP contribution in [0.1, 0.15) is 36.0 Å². The second kappa shape index (κ2) is 16.1. The van der Waals surface area contributed by atoms with Gasteiger partial charge < -0.3 is 10.9 Å². The molecule has 2 aromatic carbocycles. The number of hydrogen-bond donors (Lipinski definition) is 2. The lowest BCUT2D eigenvalue weighted by Gasteiger charge is -2.10. The Kier molecular flexibility index (Phi) is 13.7. The molecule has 1 atom stereocenters. The van der Waals surface area contributed by atoms with Gasteiger partial charge >= 0.3 is 6.18 Å². The van der Waals surface area contributed by atoms with Gasteiger partial charge in [-0.2, -0.15) is 13.2 Å². The first-order chi connectivity index (χ1) is 17.6. The van der Waals surface area contributed by atoms with Crippen molar-refractivity contribution >= 4 is 35.2 Å². The third-order valence-electron chi connectivity index (χ3n) is 4.49. The van der Waals surface area contributed by atoms with E-state index in [1.54, 1.807) is 48.8 Å². The molecule has 4 aromatic rings. The van der Waals surface area contributed by atoms with Crippen LogP contribution < -0.4 is 5.73 Å². The number of oxime groups is 1. The standard InChI is InChI=1S/C12H9ClN2O.C12H11ClN2.C2HF3O.CH4/c13-10-6-4-9(5-7-10)12(15-16)11-3-1-2-8-14-11;13-10-6-4-9(5-7-10)12(14)11-3-1-2-8-15-11;3-2(4,5)1-6;/h1-8,16H;1-8,12H,14H2;1H;1H4/b15-12-;;;. The lowest BCUT2D eigenvalue weighted by Crippen LogP contribution is -2.12. The Bertz CT molecular complexity index is 1260. The highest BCUT2D eigenvalue weighted by atomic mass is 35.5. The van der Waals surface area contributed by atoms with Crippen molar-refractivity contribution in [2.45, 2.75) is 19.6 Å². The maximum absolute atomic E-state index is 10.4. The lowest BCUT2D eigenvalue weighted by molar-refractivity contribution is -0.156. The van der Waals surface area contributed by atoms with Gasteiger partial charge in [0.2, 0.25) is 6.29 Å². The van der Waals surface area contributed by atoms with Gasteiger partial charge in [0.05, 0.1) is 17.4 Å². The zero-order valence-corrected chi connectivity index (χ0v) is 20.6. The van der Waals surface area contributed by atoms with E-state index in [9.17, 15) is 13.2 Å². The Hall–Kier alpha value is -3.79. The number of nitrogens with zero attached hydrogens (tertiary/aromatic N) is 3. The van der Waals surface area contributed by atoms with Crippen molar-refractivity contribution in [3.05, 3.63) is 130 Å². The molecule has 0 aliphatic carbocycles. The zero-order chi connectivity index (χ0) is 27.3. The van der Waals surface area contributed by atoms with Gasteiger partial charge in [-0.1, -0.05) is 72.2 Å². The van der Waals surface area contributed by atoms with Crippen LogP contribution in [0.5, 0.6) is 0 Å². The monoisotopic (exact) mass is 564 g/mol. The van der Waals surface area contributed by atoms with Gasteiger partial charge in [-0.05, 0) is 54.1 Å². The molecule has 3 N–H and O–H groups in total. The van der Waals surface area contributed by atoms with Gasteiger partial charge in [0.1, 0.15) is 5.71 Å². The number of aromatic nitrogens is 2. The molecule has 38 heavy (non-hydrogen) atoms. The maximum atomic E-state index is 10.4. The Morgan fingerprint density at radius 3 is 1.79 bits per heavy atom. The molecule has 0 radical (unpaired) electrons. The van der Waals surface area contributed by atoms with Gasteiger partial charge in [0, 0.05) is 28.0 Å². The fourth-order valence-electron chi connectivity index (χ4n) is 2.77. The number of carbonyl (C=O) groups is 1. The van der Waals surface area contributed by atoms with Gasteiger partial charge in [-0.25, -0.2) is 0 Å². The molecule has 0 aliphatic rings. The van der Waals surface area contributed by atoms with Crippen LogP contribution in [-0.4, -0.2) is 33.3 Å². The number of alkyl halides is 3. The summed E-state index contributed by atoms with van der Waals surface area (Å²) in [4.78, 5) is 17.0. The topological polar surface area (TPSA) is 101 Å². The summed E-state index contributed by atoms with van der Waals surface area (Å²) in [5.41, 5.74) is 9.75. The van der Waals surface area contributed by atoms with Crippen molar-refractivity contribution in [2.24, 2.45) is 10.9 Å². The molecule has 1 unspecified atom stereocenters. The first-order valence-corrected chi connectivity index (χ1v) is 11.2. The number of pyridine rings is 2. The summed E-state index contributed by atoms with van der Waals surface area (Å²) in [6.45, 7) is 0. The van der Waals surface area contributed by atoms with Crippen LogP contribution >= 0.6 is 23.2 Å². The summed E-state index contributed by atoms with van der Waals surface area (Å²) < 4.78 is 31.2. The number of halogens is 5. The van der Waals surface area contributed by atoms with E-state index in [4.69, 9.17) is 38.9 Å². The highest BCUT2D eigenvalue weighted by molar-refractivity contribution is 6.31. The van der Waals surface area contributed by atoms with E-state index in [2.05, 4.69) is 15.1 Å². The molecule has 4 rings (SSSR count). The largest absolute Gasteiger partial charge is 0.446 e. The number of carbonyl (C=O) groups excluding carboxylic acids is 1. The molecule has 0 spiro atoms. The zero-order valence-electron chi connectivity index (χ0n) is 19.1. The van der Waals surface area contributed by atoms with Crippen LogP contribution in [0.15, 0.2) is 102 Å². The molecule has 11 heteroatoms. The molecule has 0 fully saturated rings. The van der Waals surface area contributed by atoms with E-state index in [0.29, 0.717) is 21.5 Å². The molecule has 2 aromatic heterocycles. The third kappa shape index (κ3) is 11.1. The van der Waals surface area contributed by atoms with Crippen molar-refractivity contribution in [3.8, 4) is 0 Å². The molecule has 200 valence electrons. The maximum Gasteiger partial charge on any atom is 0.446 e. The van der Waals surface area contributed by atoms with Crippen LogP contribution in [0.4, 0.5) is 13.2 Å². The summed E-state index contributed by atoms with van der Waals surface area (Å²) in [5.74, 6) is 0. The van der Waals surface area contributed by atoms with E-state index in [0.717, 1.165) is 16.8 Å². The smallest absolute Gasteiger partial charge is 0.410 e. The lowest BCUT2D eigenvalue weighted by atomic mass is 10.0. The summed E-state index contributed by atoms with van der Waals surface area (Å²) in [5, 5.41) is 13.6. The van der Waals surface area contributed by atoms with Gasteiger partial charge in [0.15, 0.2) is 0 Å². The Balaban J connectivity index is 0.000000309. The van der Waals surface area contributed by atoms with Crippen LogP contribution in [0.2, 0.25) is 10.0 Å². The number of aldehydes is 1. The molecule has 0 bridgehead atoms. The second-order valence-corrected chi connectivity index (χ2v) is 7.99. The summed E-state index contributed by atoms with van der Waals surface area (Å²) in [6.07, 6.45) is -2.31. The normalized spacial score (nSPS) is 11.5. The molecular formula is C27H25Cl2F3N4O2. The highest BCUT2D eigenvalue weighted by Crippen LogP contribution is 2.19. The van der Waals surface area contributed by atoms with Gasteiger partial charge in [0.25, 0.3) is 0 Å². The molecular weight excluding hydrogens is 540 g/mol. The van der Waals surface area contributed by atoms with E-state index < -0.39 is 12.5 Å². The average molecular weight is 565 g/mol. The Morgan fingerprint density at radius 2 is 1.37 bits per heavy atom. The number of rotatable bonds is 4. The summed E-state index contributed by atoms with van der Waals surface area (Å²) in [7, 11) is 0. The minimum atomic E-state index is -4.64. The SMILES string of the molecule is C.NC(c1ccc(Cl)cc1)c1ccccn1.O/N=C(/c1ccc(Cl)cc1)c1ccccn1.O=CC(F)(F)F. The second-order valence-electron chi connectivity index (χ2n) is 7.11. The quantitative estimate of drug-likeness (QED) is 0.119. The molecule has 2 heterocycles. The molecule has 0 aliphatic heterocycles. The third-order valence-corrected chi connectivity index (χ3v) is 5.00. The van der Waals surface area contributed by atoms with E-state index in [1.807, 2.05) is 48.5 Å². The van der Waals surface area contributed by atoms with Crippen molar-refractivity contribution in [1.82, 2.24) is 9.97 Å². The number of hydrogen-bond acceptors (Lipinski definition) is 6. The molecule has 0 amide bonds. The van der Waals surface area contributed by atoms with Crippen LogP contribution in [-0.2, 0) is 4.79 Å². The Morgan fingerprint density at radius 1 is 0.868 bits per heavy atom. The van der Waals surface area contributed by atoms with E-state index >= 15 is 0 Å². The fraction of sp³-hybridized carbons (Fsp3) is 0.111. The van der Waals surface area contributed by atoms with Crippen LogP contribution in [0, 0.1) is 0 Å². The molecule has 0 saturated carbocycles. The highest BCUT2D eigenvalue weighted by Gasteiger charge is 2.24. The number of benzene rings is 2. The predicted molar refractivity (Wildman–Crippen MR) is 144 cm³/mol. The van der Waals surface area contributed by atoms with Crippen molar-refractivity contribution in [2.75, 3.05) is 0 Å². The van der Waals surface area contributed by atoms with Gasteiger partial charge in [-0.3, -0.25) is 14.8 Å². The van der Waals surface area contributed by atoms with Crippen LogP contribution in [0.25, 0.3) is 0 Å².